The van der Waals surface area contributed by atoms with Gasteiger partial charge in [0.05, 0.1) is 6.20 Å². The average Bonchev–Trinajstić information content (AvgIpc) is 3.09. The first-order valence-electron chi connectivity index (χ1n) is 6.54. The van der Waals surface area contributed by atoms with Crippen LogP contribution in [0.2, 0.25) is 0 Å². The SMILES string of the molecule is CSc1ccc(-c2ccc(Sc3cn[nH]n3)cc2)cc1.O=C=O. The van der Waals surface area contributed by atoms with Crippen molar-refractivity contribution in [1.82, 2.24) is 15.4 Å². The zero-order chi connectivity index (χ0) is 16.5. The molecule has 1 heterocycles. The molecule has 0 fully saturated rings. The molecule has 1 aromatic heterocycles. The number of rotatable bonds is 4. The smallest absolute Gasteiger partial charge is 0.197 e. The number of nitrogens with zero attached hydrogens (tertiary/aromatic N) is 2. The topological polar surface area (TPSA) is 75.7 Å². The van der Waals surface area contributed by atoms with E-state index in [1.807, 2.05) is 0 Å². The van der Waals surface area contributed by atoms with E-state index >= 15 is 0 Å². The summed E-state index contributed by atoms with van der Waals surface area (Å²) in [5.74, 6) is 0. The fourth-order valence-electron chi connectivity index (χ4n) is 1.86. The van der Waals surface area contributed by atoms with Gasteiger partial charge in [-0.25, -0.2) is 0 Å². The molecule has 3 rings (SSSR count). The van der Waals surface area contributed by atoms with Crippen molar-refractivity contribution in [3.63, 3.8) is 0 Å². The Labute approximate surface area is 141 Å². The summed E-state index contributed by atoms with van der Waals surface area (Å²) >= 11 is 3.35. The van der Waals surface area contributed by atoms with E-state index in [1.165, 1.54) is 16.0 Å². The Morgan fingerprint density at radius 1 is 0.913 bits per heavy atom. The molecular formula is C16H13N3O2S2. The van der Waals surface area contributed by atoms with E-state index in [1.54, 1.807) is 29.7 Å². The molecule has 0 bridgehead atoms. The van der Waals surface area contributed by atoms with Crippen molar-refractivity contribution in [2.75, 3.05) is 6.26 Å². The Hall–Kier alpha value is -2.34. The van der Waals surface area contributed by atoms with E-state index in [-0.39, 0.29) is 6.15 Å². The first-order valence-corrected chi connectivity index (χ1v) is 8.58. The minimum Gasteiger partial charge on any atom is -0.197 e. The summed E-state index contributed by atoms with van der Waals surface area (Å²) in [4.78, 5) is 18.7. The van der Waals surface area contributed by atoms with Crippen LogP contribution < -0.4 is 0 Å². The van der Waals surface area contributed by atoms with Gasteiger partial charge in [-0.3, -0.25) is 0 Å². The van der Waals surface area contributed by atoms with Gasteiger partial charge >= 0.3 is 6.15 Å². The van der Waals surface area contributed by atoms with E-state index in [0.717, 1.165) is 9.92 Å². The van der Waals surface area contributed by atoms with Gasteiger partial charge in [0.1, 0.15) is 5.03 Å². The molecule has 0 radical (unpaired) electrons. The molecule has 1 N–H and O–H groups in total. The summed E-state index contributed by atoms with van der Waals surface area (Å²) in [7, 11) is 0. The van der Waals surface area contributed by atoms with Crippen LogP contribution in [0, 0.1) is 0 Å². The van der Waals surface area contributed by atoms with Crippen LogP contribution in [0.1, 0.15) is 0 Å². The Balaban J connectivity index is 0.000000595. The zero-order valence-corrected chi connectivity index (χ0v) is 13.9. The lowest BCUT2D eigenvalue weighted by atomic mass is 10.1. The molecule has 116 valence electrons. The maximum Gasteiger partial charge on any atom is 0.373 e. The van der Waals surface area contributed by atoms with E-state index < -0.39 is 0 Å². The average molecular weight is 343 g/mol. The number of benzene rings is 2. The van der Waals surface area contributed by atoms with Crippen molar-refractivity contribution >= 4 is 29.7 Å². The quantitative estimate of drug-likeness (QED) is 0.727. The second-order valence-corrected chi connectivity index (χ2v) is 6.22. The predicted molar refractivity (Wildman–Crippen MR) is 89.2 cm³/mol. The van der Waals surface area contributed by atoms with Gasteiger partial charge in [-0.1, -0.05) is 36.0 Å². The van der Waals surface area contributed by atoms with Crippen LogP contribution in [0.4, 0.5) is 0 Å². The molecule has 0 saturated carbocycles. The zero-order valence-electron chi connectivity index (χ0n) is 12.2. The highest BCUT2D eigenvalue weighted by Crippen LogP contribution is 2.28. The number of hydrogen-bond acceptors (Lipinski definition) is 6. The normalized spacial score (nSPS) is 9.61. The van der Waals surface area contributed by atoms with Gasteiger partial charge in [0.15, 0.2) is 0 Å². The fourth-order valence-corrected chi connectivity index (χ4v) is 2.97. The summed E-state index contributed by atoms with van der Waals surface area (Å²) in [5.41, 5.74) is 2.46. The molecule has 0 atom stereocenters. The van der Waals surface area contributed by atoms with Gasteiger partial charge < -0.3 is 0 Å². The number of H-pyrrole nitrogens is 1. The fraction of sp³-hybridized carbons (Fsp3) is 0.0625. The molecule has 0 amide bonds. The van der Waals surface area contributed by atoms with Crippen molar-refractivity contribution in [3.8, 4) is 11.1 Å². The number of thioether (sulfide) groups is 1. The van der Waals surface area contributed by atoms with Crippen LogP contribution >= 0.6 is 23.5 Å². The summed E-state index contributed by atoms with van der Waals surface area (Å²) in [5, 5.41) is 11.3. The summed E-state index contributed by atoms with van der Waals surface area (Å²) in [6, 6.07) is 17.1. The summed E-state index contributed by atoms with van der Waals surface area (Å²) in [6.45, 7) is 0. The number of hydrogen-bond donors (Lipinski definition) is 1. The lowest BCUT2D eigenvalue weighted by Crippen LogP contribution is -1.79. The van der Waals surface area contributed by atoms with E-state index in [4.69, 9.17) is 9.59 Å². The van der Waals surface area contributed by atoms with Crippen molar-refractivity contribution in [1.29, 1.82) is 0 Å². The molecule has 0 aliphatic heterocycles. The van der Waals surface area contributed by atoms with Gasteiger partial charge in [-0.05, 0) is 41.6 Å². The molecule has 7 heteroatoms. The summed E-state index contributed by atoms with van der Waals surface area (Å²) in [6.07, 6.45) is 4.06. The first kappa shape index (κ1) is 17.0. The van der Waals surface area contributed by atoms with Crippen LogP contribution in [0.15, 0.2) is 69.5 Å². The van der Waals surface area contributed by atoms with Crippen LogP contribution in [-0.2, 0) is 9.59 Å². The molecule has 0 spiro atoms. The highest BCUT2D eigenvalue weighted by Gasteiger charge is 2.02. The third-order valence-electron chi connectivity index (χ3n) is 2.89. The van der Waals surface area contributed by atoms with Crippen LogP contribution in [0.3, 0.4) is 0 Å². The van der Waals surface area contributed by atoms with Gasteiger partial charge in [-0.2, -0.15) is 19.9 Å². The maximum absolute atomic E-state index is 8.12. The minimum absolute atomic E-state index is 0.250. The second-order valence-electron chi connectivity index (χ2n) is 4.25. The Bertz CT molecular complexity index is 751. The largest absolute Gasteiger partial charge is 0.373 e. The van der Waals surface area contributed by atoms with Crippen molar-refractivity contribution in [2.24, 2.45) is 0 Å². The highest BCUT2D eigenvalue weighted by atomic mass is 32.2. The number of aromatic nitrogens is 3. The molecule has 0 aliphatic carbocycles. The number of nitrogens with one attached hydrogen (secondary N) is 1. The minimum atomic E-state index is 0.250. The lowest BCUT2D eigenvalue weighted by molar-refractivity contribution is -0.191. The third kappa shape index (κ3) is 5.10. The molecule has 0 aliphatic rings. The molecule has 3 aromatic rings. The van der Waals surface area contributed by atoms with E-state index in [2.05, 4.69) is 70.2 Å². The van der Waals surface area contributed by atoms with Gasteiger partial charge in [0.25, 0.3) is 0 Å². The lowest BCUT2D eigenvalue weighted by Gasteiger charge is -2.04. The van der Waals surface area contributed by atoms with Crippen molar-refractivity contribution < 1.29 is 9.59 Å². The van der Waals surface area contributed by atoms with Gasteiger partial charge in [0, 0.05) is 9.79 Å². The monoisotopic (exact) mass is 343 g/mol. The number of carbonyl (C=O) groups excluding carboxylic acids is 2. The van der Waals surface area contributed by atoms with E-state index in [0.29, 0.717) is 0 Å². The maximum atomic E-state index is 8.12. The Morgan fingerprint density at radius 3 is 1.87 bits per heavy atom. The van der Waals surface area contributed by atoms with Crippen molar-refractivity contribution in [2.45, 2.75) is 14.8 Å². The summed E-state index contributed by atoms with van der Waals surface area (Å²) < 4.78 is 0. The molecule has 2 aromatic carbocycles. The third-order valence-corrected chi connectivity index (χ3v) is 4.55. The Kier molecular flexibility index (Phi) is 6.62. The molecule has 0 unspecified atom stereocenters. The Morgan fingerprint density at radius 2 is 1.43 bits per heavy atom. The van der Waals surface area contributed by atoms with Crippen molar-refractivity contribution in [3.05, 3.63) is 54.7 Å². The standard InChI is InChI=1S/C15H13N3S2.CO2/c1-19-13-6-2-11(3-7-13)12-4-8-14(9-5-12)20-15-10-16-18-17-15;2-1-3/h2-10H,1H3,(H,16,17,18);. The highest BCUT2D eigenvalue weighted by molar-refractivity contribution is 7.99. The van der Waals surface area contributed by atoms with Crippen LogP contribution in [-0.4, -0.2) is 27.8 Å². The molecule has 23 heavy (non-hydrogen) atoms. The van der Waals surface area contributed by atoms with Gasteiger partial charge in [-0.15, -0.1) is 16.9 Å². The van der Waals surface area contributed by atoms with Gasteiger partial charge in [0.2, 0.25) is 0 Å². The molecular weight excluding hydrogens is 330 g/mol. The predicted octanol–water partition coefficient (Wildman–Crippen LogP) is 3.76. The first-order chi connectivity index (χ1) is 11.3. The number of aromatic amines is 1. The molecule has 5 nitrogen and oxygen atoms in total. The van der Waals surface area contributed by atoms with Crippen LogP contribution in [0.25, 0.3) is 11.1 Å². The second kappa shape index (κ2) is 8.95. The van der Waals surface area contributed by atoms with E-state index in [9.17, 15) is 0 Å². The van der Waals surface area contributed by atoms with Crippen LogP contribution in [0.5, 0.6) is 0 Å². The molecule has 0 saturated heterocycles.